The Bertz CT molecular complexity index is 674. The van der Waals surface area contributed by atoms with Gasteiger partial charge in [0.1, 0.15) is 0 Å². The normalized spacial score (nSPS) is 13.3. The monoisotopic (exact) mass is 382 g/mol. The summed E-state index contributed by atoms with van der Waals surface area (Å²) in [5, 5.41) is 10.8. The first-order chi connectivity index (χ1) is 12.7. The lowest BCUT2D eigenvalue weighted by Crippen LogP contribution is -2.41. The Kier molecular flexibility index (Phi) is 7.60. The zero-order valence-corrected chi connectivity index (χ0v) is 18.4. The molecule has 0 aliphatic rings. The summed E-state index contributed by atoms with van der Waals surface area (Å²) in [5.74, 6) is 0. The predicted molar refractivity (Wildman–Crippen MR) is 118 cm³/mol. The van der Waals surface area contributed by atoms with Crippen molar-refractivity contribution in [2.45, 2.75) is 57.8 Å². The predicted octanol–water partition coefficient (Wildman–Crippen LogP) is 6.28. The van der Waals surface area contributed by atoms with E-state index >= 15 is 0 Å². The Labute approximate surface area is 166 Å². The molecule has 1 N–H and O–H groups in total. The van der Waals surface area contributed by atoms with Crippen LogP contribution in [0.4, 0.5) is 0 Å². The van der Waals surface area contributed by atoms with Crippen molar-refractivity contribution in [1.29, 1.82) is 0 Å². The number of benzene rings is 2. The number of aliphatic hydroxyl groups excluding tert-OH is 1. The summed E-state index contributed by atoms with van der Waals surface area (Å²) in [4.78, 5) is 0. The van der Waals surface area contributed by atoms with Gasteiger partial charge < -0.3 is 9.53 Å². The lowest BCUT2D eigenvalue weighted by Gasteiger charge is -2.36. The first kappa shape index (κ1) is 21.6. The Morgan fingerprint density at radius 3 is 1.89 bits per heavy atom. The van der Waals surface area contributed by atoms with Crippen molar-refractivity contribution in [3.63, 3.8) is 0 Å². The van der Waals surface area contributed by atoms with E-state index in [0.29, 0.717) is 13.0 Å². The van der Waals surface area contributed by atoms with Crippen molar-refractivity contribution < 1.29 is 9.53 Å². The molecular formula is C24H34O2Si. The minimum atomic E-state index is -1.71. The molecule has 0 spiro atoms. The number of hydrogen-bond donors (Lipinski definition) is 1. The first-order valence-corrected chi connectivity index (χ1v) is 12.8. The zero-order valence-electron chi connectivity index (χ0n) is 17.4. The van der Waals surface area contributed by atoms with Gasteiger partial charge in [-0.1, -0.05) is 81.4 Å². The van der Waals surface area contributed by atoms with Crippen molar-refractivity contribution in [2.75, 3.05) is 6.61 Å². The Morgan fingerprint density at radius 2 is 1.44 bits per heavy atom. The molecule has 0 saturated carbocycles. The van der Waals surface area contributed by atoms with E-state index < -0.39 is 14.4 Å². The fourth-order valence-electron chi connectivity index (χ4n) is 2.71. The van der Waals surface area contributed by atoms with Crippen LogP contribution in [0.3, 0.4) is 0 Å². The van der Waals surface area contributed by atoms with Crippen molar-refractivity contribution >= 4 is 13.9 Å². The molecule has 1 unspecified atom stereocenters. The molecule has 1 atom stereocenters. The highest BCUT2D eigenvalue weighted by molar-refractivity contribution is 6.74. The summed E-state index contributed by atoms with van der Waals surface area (Å²) >= 11 is 0. The van der Waals surface area contributed by atoms with Gasteiger partial charge in [-0.05, 0) is 53.7 Å². The summed E-state index contributed by atoms with van der Waals surface area (Å²) < 4.78 is 6.23. The third kappa shape index (κ3) is 6.45. The van der Waals surface area contributed by atoms with Crippen LogP contribution in [-0.4, -0.2) is 26.1 Å². The maximum absolute atomic E-state index is 10.6. The van der Waals surface area contributed by atoms with Crippen LogP contribution in [0, 0.1) is 0 Å². The summed E-state index contributed by atoms with van der Waals surface area (Å²) in [7, 11) is -1.71. The van der Waals surface area contributed by atoms with Crippen LogP contribution in [-0.2, 0) is 4.43 Å². The van der Waals surface area contributed by atoms with E-state index in [1.54, 1.807) is 0 Å². The van der Waals surface area contributed by atoms with E-state index in [-0.39, 0.29) is 5.04 Å². The third-order valence-corrected chi connectivity index (χ3v) is 9.98. The minimum Gasteiger partial charge on any atom is -0.417 e. The highest BCUT2D eigenvalue weighted by Crippen LogP contribution is 2.36. The average molecular weight is 383 g/mol. The minimum absolute atomic E-state index is 0.222. The average Bonchev–Trinajstić information content (AvgIpc) is 2.64. The van der Waals surface area contributed by atoms with Crippen molar-refractivity contribution in [1.82, 2.24) is 0 Å². The van der Waals surface area contributed by atoms with Crippen molar-refractivity contribution in [3.05, 3.63) is 77.9 Å². The van der Waals surface area contributed by atoms with E-state index in [9.17, 15) is 5.11 Å². The molecule has 0 aromatic heterocycles. The summed E-state index contributed by atoms with van der Waals surface area (Å²) in [6.45, 7) is 12.0. The van der Waals surface area contributed by atoms with E-state index in [2.05, 4.69) is 58.1 Å². The Hall–Kier alpha value is -1.68. The van der Waals surface area contributed by atoms with Crippen molar-refractivity contribution in [3.8, 4) is 0 Å². The molecule has 27 heavy (non-hydrogen) atoms. The number of hydrogen-bond acceptors (Lipinski definition) is 2. The molecule has 0 aliphatic carbocycles. The molecule has 0 aliphatic heterocycles. The van der Waals surface area contributed by atoms with Gasteiger partial charge in [0.2, 0.25) is 0 Å². The van der Waals surface area contributed by atoms with Crippen LogP contribution in [0.1, 0.15) is 44.7 Å². The van der Waals surface area contributed by atoms with Gasteiger partial charge >= 0.3 is 0 Å². The number of rotatable bonds is 8. The van der Waals surface area contributed by atoms with Gasteiger partial charge in [-0.2, -0.15) is 0 Å². The molecule has 146 valence electrons. The topological polar surface area (TPSA) is 29.5 Å². The molecule has 0 fully saturated rings. The highest BCUT2D eigenvalue weighted by Gasteiger charge is 2.36. The van der Waals surface area contributed by atoms with Crippen molar-refractivity contribution in [2.24, 2.45) is 0 Å². The maximum Gasteiger partial charge on any atom is 0.191 e. The number of aliphatic hydroxyl groups is 1. The van der Waals surface area contributed by atoms with Crippen LogP contribution in [0.5, 0.6) is 0 Å². The second kappa shape index (κ2) is 9.49. The lowest BCUT2D eigenvalue weighted by atomic mass is 9.95. The second-order valence-corrected chi connectivity index (χ2v) is 13.4. The molecule has 0 heterocycles. The molecule has 3 heteroatoms. The van der Waals surface area contributed by atoms with Crippen LogP contribution in [0.25, 0.3) is 5.57 Å². The quantitative estimate of drug-likeness (QED) is 0.430. The molecular weight excluding hydrogens is 348 g/mol. The summed E-state index contributed by atoms with van der Waals surface area (Å²) in [6, 6.07) is 20.5. The standard InChI is InChI=1S/C24H34O2Si/c1-24(2,3)27(4,5)26-18-12-17-22(25)19-23(20-13-8-6-9-14-20)21-15-10-7-11-16-21/h6-11,13-16,19,22,25H,12,17-18H2,1-5H3. The molecule has 0 radical (unpaired) electrons. The molecule has 0 saturated heterocycles. The molecule has 0 amide bonds. The van der Waals surface area contributed by atoms with E-state index in [0.717, 1.165) is 23.1 Å². The van der Waals surface area contributed by atoms with Gasteiger partial charge in [-0.15, -0.1) is 0 Å². The fourth-order valence-corrected chi connectivity index (χ4v) is 3.79. The lowest BCUT2D eigenvalue weighted by molar-refractivity contribution is 0.191. The Balaban J connectivity index is 2.03. The van der Waals surface area contributed by atoms with Crippen LogP contribution in [0.15, 0.2) is 66.7 Å². The van der Waals surface area contributed by atoms with E-state index in [1.165, 1.54) is 0 Å². The van der Waals surface area contributed by atoms with Crippen LogP contribution >= 0.6 is 0 Å². The summed E-state index contributed by atoms with van der Waals surface area (Å²) in [6.07, 6.45) is 3.07. The SMILES string of the molecule is CC(C)(C)[Si](C)(C)OCCCC(O)C=C(c1ccccc1)c1ccccc1. The highest BCUT2D eigenvalue weighted by atomic mass is 28.4. The fraction of sp³-hybridized carbons (Fsp3) is 0.417. The van der Waals surface area contributed by atoms with E-state index in [4.69, 9.17) is 4.43 Å². The van der Waals surface area contributed by atoms with E-state index in [1.807, 2.05) is 42.5 Å². The maximum atomic E-state index is 10.6. The molecule has 2 rings (SSSR count). The molecule has 0 bridgehead atoms. The Morgan fingerprint density at radius 1 is 0.963 bits per heavy atom. The summed E-state index contributed by atoms with van der Waals surface area (Å²) in [5.41, 5.74) is 3.33. The van der Waals surface area contributed by atoms with Crippen LogP contribution in [0.2, 0.25) is 18.1 Å². The van der Waals surface area contributed by atoms with Gasteiger partial charge in [0.15, 0.2) is 8.32 Å². The van der Waals surface area contributed by atoms with Gasteiger partial charge in [0.05, 0.1) is 6.10 Å². The first-order valence-electron chi connectivity index (χ1n) is 9.85. The van der Waals surface area contributed by atoms with Gasteiger partial charge in [0.25, 0.3) is 0 Å². The second-order valence-electron chi connectivity index (χ2n) is 8.63. The molecule has 2 nitrogen and oxygen atoms in total. The zero-order chi connectivity index (χ0) is 19.9. The molecule has 2 aromatic rings. The largest absolute Gasteiger partial charge is 0.417 e. The third-order valence-electron chi connectivity index (χ3n) is 5.44. The van der Waals surface area contributed by atoms with Gasteiger partial charge in [-0.3, -0.25) is 0 Å². The van der Waals surface area contributed by atoms with Gasteiger partial charge in [-0.25, -0.2) is 0 Å². The molecule has 2 aromatic carbocycles. The van der Waals surface area contributed by atoms with Crippen LogP contribution < -0.4 is 0 Å². The van der Waals surface area contributed by atoms with Gasteiger partial charge in [0, 0.05) is 6.61 Å². The smallest absolute Gasteiger partial charge is 0.191 e.